The highest BCUT2D eigenvalue weighted by atomic mass is 15.1. The van der Waals surface area contributed by atoms with E-state index in [1.165, 1.54) is 25.7 Å². The molecule has 90 valence electrons. The summed E-state index contributed by atoms with van der Waals surface area (Å²) in [6, 6.07) is 3.89. The summed E-state index contributed by atoms with van der Waals surface area (Å²) >= 11 is 0. The van der Waals surface area contributed by atoms with Gasteiger partial charge in [-0.25, -0.2) is 0 Å². The maximum atomic E-state index is 9.22. The van der Waals surface area contributed by atoms with Gasteiger partial charge in [0.15, 0.2) is 0 Å². The summed E-state index contributed by atoms with van der Waals surface area (Å²) in [5, 5.41) is 12.7. The maximum Gasteiger partial charge on any atom is 0.104 e. The average molecular weight is 221 g/mol. The smallest absolute Gasteiger partial charge is 0.104 e. The van der Waals surface area contributed by atoms with Crippen LogP contribution in [0.3, 0.4) is 0 Å². The third kappa shape index (κ3) is 3.47. The minimum Gasteiger partial charge on any atom is -0.303 e. The number of hydrogen-bond acceptors (Lipinski definition) is 3. The average Bonchev–Trinajstić information content (AvgIpc) is 3.11. The molecule has 1 atom stereocenters. The third-order valence-corrected chi connectivity index (χ3v) is 3.70. The molecule has 2 aliphatic carbocycles. The lowest BCUT2D eigenvalue weighted by Crippen LogP contribution is -2.42. The molecule has 0 spiro atoms. The highest BCUT2D eigenvalue weighted by molar-refractivity contribution is 5.07. The van der Waals surface area contributed by atoms with E-state index in [4.69, 9.17) is 0 Å². The summed E-state index contributed by atoms with van der Waals surface area (Å²) < 4.78 is 0. The molecule has 2 fully saturated rings. The molecule has 2 aliphatic rings. The largest absolute Gasteiger partial charge is 0.303 e. The van der Waals surface area contributed by atoms with Crippen molar-refractivity contribution < 1.29 is 0 Å². The molecule has 2 saturated carbocycles. The summed E-state index contributed by atoms with van der Waals surface area (Å²) in [4.78, 5) is 2.44. The van der Waals surface area contributed by atoms with Crippen LogP contribution in [0.1, 0.15) is 45.4 Å². The zero-order valence-corrected chi connectivity index (χ0v) is 10.5. The van der Waals surface area contributed by atoms with Crippen molar-refractivity contribution in [2.45, 2.75) is 63.1 Å². The zero-order valence-electron chi connectivity index (χ0n) is 10.5. The Morgan fingerprint density at radius 2 is 2.06 bits per heavy atom. The van der Waals surface area contributed by atoms with Gasteiger partial charge in [-0.3, -0.25) is 5.32 Å². The predicted molar refractivity (Wildman–Crippen MR) is 65.1 cm³/mol. The Kier molecular flexibility index (Phi) is 3.51. The van der Waals surface area contributed by atoms with Gasteiger partial charge in [0.05, 0.1) is 6.07 Å². The summed E-state index contributed by atoms with van der Waals surface area (Å²) in [6.45, 7) is 3.18. The SMILES string of the molecule is CN(CCCC(C)(C#N)NC1CC1)C1CC1. The highest BCUT2D eigenvalue weighted by Crippen LogP contribution is 2.27. The first-order chi connectivity index (χ1) is 7.63. The van der Waals surface area contributed by atoms with Crippen molar-refractivity contribution >= 4 is 0 Å². The van der Waals surface area contributed by atoms with Gasteiger partial charge < -0.3 is 4.90 Å². The van der Waals surface area contributed by atoms with Crippen LogP contribution in [0.4, 0.5) is 0 Å². The lowest BCUT2D eigenvalue weighted by atomic mass is 9.97. The second kappa shape index (κ2) is 4.73. The topological polar surface area (TPSA) is 39.1 Å². The Balaban J connectivity index is 1.67. The van der Waals surface area contributed by atoms with Crippen LogP contribution in [0, 0.1) is 11.3 Å². The molecule has 2 rings (SSSR count). The minimum absolute atomic E-state index is 0.300. The molecule has 16 heavy (non-hydrogen) atoms. The molecule has 0 aromatic carbocycles. The van der Waals surface area contributed by atoms with Crippen LogP contribution in [0.2, 0.25) is 0 Å². The lowest BCUT2D eigenvalue weighted by Gasteiger charge is -2.24. The van der Waals surface area contributed by atoms with Crippen molar-refractivity contribution in [2.75, 3.05) is 13.6 Å². The van der Waals surface area contributed by atoms with Gasteiger partial charge in [-0.2, -0.15) is 5.26 Å². The number of hydrogen-bond donors (Lipinski definition) is 1. The van der Waals surface area contributed by atoms with E-state index in [0.29, 0.717) is 6.04 Å². The molecular formula is C13H23N3. The van der Waals surface area contributed by atoms with Crippen molar-refractivity contribution in [3.8, 4) is 6.07 Å². The second-order valence-corrected chi connectivity index (χ2v) is 5.68. The van der Waals surface area contributed by atoms with Crippen LogP contribution in [0.25, 0.3) is 0 Å². The fraction of sp³-hybridized carbons (Fsp3) is 0.923. The molecule has 0 amide bonds. The molecule has 0 aromatic rings. The standard InChI is InChI=1S/C13H23N3/c1-13(10-14,15-11-4-5-11)8-3-9-16(2)12-6-7-12/h11-12,15H,3-9H2,1-2H3. The molecule has 0 aromatic heterocycles. The van der Waals surface area contributed by atoms with E-state index < -0.39 is 0 Å². The minimum atomic E-state index is -0.300. The van der Waals surface area contributed by atoms with Gasteiger partial charge in [0.1, 0.15) is 5.54 Å². The molecule has 0 aliphatic heterocycles. The molecule has 0 radical (unpaired) electrons. The van der Waals surface area contributed by atoms with E-state index in [0.717, 1.165) is 25.4 Å². The monoisotopic (exact) mass is 221 g/mol. The molecule has 0 bridgehead atoms. The van der Waals surface area contributed by atoms with E-state index in [1.807, 2.05) is 6.92 Å². The van der Waals surface area contributed by atoms with Gasteiger partial charge in [0, 0.05) is 12.1 Å². The summed E-state index contributed by atoms with van der Waals surface area (Å²) in [5.41, 5.74) is -0.300. The fourth-order valence-corrected chi connectivity index (χ4v) is 2.22. The maximum absolute atomic E-state index is 9.22. The van der Waals surface area contributed by atoms with Gasteiger partial charge >= 0.3 is 0 Å². The van der Waals surface area contributed by atoms with E-state index in [2.05, 4.69) is 23.3 Å². The first kappa shape index (κ1) is 11.9. The van der Waals surface area contributed by atoms with Gasteiger partial charge in [-0.05, 0) is 59.0 Å². The van der Waals surface area contributed by atoms with E-state index in [9.17, 15) is 5.26 Å². The molecule has 1 unspecified atom stereocenters. The van der Waals surface area contributed by atoms with Crippen molar-refractivity contribution in [1.29, 1.82) is 5.26 Å². The molecule has 3 heteroatoms. The Bertz CT molecular complexity index is 275. The van der Waals surface area contributed by atoms with Crippen LogP contribution < -0.4 is 5.32 Å². The van der Waals surface area contributed by atoms with Crippen molar-refractivity contribution in [3.63, 3.8) is 0 Å². The van der Waals surface area contributed by atoms with Gasteiger partial charge in [-0.15, -0.1) is 0 Å². The number of rotatable bonds is 7. The Hall–Kier alpha value is -0.590. The Morgan fingerprint density at radius 1 is 1.38 bits per heavy atom. The van der Waals surface area contributed by atoms with Gasteiger partial charge in [0.25, 0.3) is 0 Å². The first-order valence-corrected chi connectivity index (χ1v) is 6.52. The predicted octanol–water partition coefficient (Wildman–Crippen LogP) is 1.90. The third-order valence-electron chi connectivity index (χ3n) is 3.70. The summed E-state index contributed by atoms with van der Waals surface area (Å²) in [6.07, 6.45) is 7.32. The zero-order chi connectivity index (χ0) is 11.6. The van der Waals surface area contributed by atoms with E-state index in [1.54, 1.807) is 0 Å². The molecule has 0 saturated heterocycles. The van der Waals surface area contributed by atoms with Crippen LogP contribution >= 0.6 is 0 Å². The van der Waals surface area contributed by atoms with Crippen LogP contribution in [0.5, 0.6) is 0 Å². The first-order valence-electron chi connectivity index (χ1n) is 6.52. The number of nitrogens with one attached hydrogen (secondary N) is 1. The molecule has 0 heterocycles. The summed E-state index contributed by atoms with van der Waals surface area (Å²) in [7, 11) is 2.20. The fourth-order valence-electron chi connectivity index (χ4n) is 2.22. The highest BCUT2D eigenvalue weighted by Gasteiger charge is 2.32. The van der Waals surface area contributed by atoms with Gasteiger partial charge in [-0.1, -0.05) is 0 Å². The number of nitriles is 1. The normalized spacial score (nSPS) is 24.1. The van der Waals surface area contributed by atoms with Crippen molar-refractivity contribution in [3.05, 3.63) is 0 Å². The van der Waals surface area contributed by atoms with Crippen LogP contribution in [-0.4, -0.2) is 36.1 Å². The molecule has 3 nitrogen and oxygen atoms in total. The van der Waals surface area contributed by atoms with E-state index in [-0.39, 0.29) is 5.54 Å². The Labute approximate surface area is 98.8 Å². The lowest BCUT2D eigenvalue weighted by molar-refractivity contribution is 0.296. The van der Waals surface area contributed by atoms with E-state index >= 15 is 0 Å². The van der Waals surface area contributed by atoms with Gasteiger partial charge in [0.2, 0.25) is 0 Å². The van der Waals surface area contributed by atoms with Crippen LogP contribution in [-0.2, 0) is 0 Å². The summed E-state index contributed by atoms with van der Waals surface area (Å²) in [5.74, 6) is 0. The molecular weight excluding hydrogens is 198 g/mol. The second-order valence-electron chi connectivity index (χ2n) is 5.68. The quantitative estimate of drug-likeness (QED) is 0.713. The molecule has 1 N–H and O–H groups in total. The number of nitrogens with zero attached hydrogens (tertiary/aromatic N) is 2. The Morgan fingerprint density at radius 3 is 2.56 bits per heavy atom. The van der Waals surface area contributed by atoms with Crippen LogP contribution in [0.15, 0.2) is 0 Å². The van der Waals surface area contributed by atoms with Crippen molar-refractivity contribution in [2.24, 2.45) is 0 Å². The van der Waals surface area contributed by atoms with Crippen molar-refractivity contribution in [1.82, 2.24) is 10.2 Å².